The third kappa shape index (κ3) is 2.96. The zero-order valence-electron chi connectivity index (χ0n) is 8.91. The number of piperidine rings is 1. The molecule has 0 aromatic carbocycles. The molecule has 0 saturated carbocycles. The normalized spacial score (nSPS) is 26.0. The number of nitrogens with zero attached hydrogens (tertiary/aromatic N) is 1. The number of rotatable bonds is 4. The maximum absolute atomic E-state index is 11.1. The number of likely N-dealkylation sites (tertiary alicyclic amines) is 1. The Morgan fingerprint density at radius 3 is 2.93 bits per heavy atom. The van der Waals surface area contributed by atoms with Crippen molar-refractivity contribution < 1.29 is 4.79 Å². The van der Waals surface area contributed by atoms with Crippen molar-refractivity contribution in [1.29, 1.82) is 0 Å². The summed E-state index contributed by atoms with van der Waals surface area (Å²) in [5.41, 5.74) is 10.8. The lowest BCUT2D eigenvalue weighted by atomic mass is 9.96. The molecule has 4 nitrogen and oxygen atoms in total. The minimum Gasteiger partial charge on any atom is -0.369 e. The molecule has 82 valence electrons. The molecule has 2 unspecified atom stereocenters. The molecule has 1 rings (SSSR count). The molecule has 0 spiro atoms. The molecule has 4 N–H and O–H groups in total. The molecule has 1 amide bonds. The van der Waals surface area contributed by atoms with Gasteiger partial charge in [-0.1, -0.05) is 0 Å². The second-order valence-electron chi connectivity index (χ2n) is 4.16. The van der Waals surface area contributed by atoms with E-state index >= 15 is 0 Å². The quantitative estimate of drug-likeness (QED) is 0.665. The predicted molar refractivity (Wildman–Crippen MR) is 56.6 cm³/mol. The highest BCUT2D eigenvalue weighted by atomic mass is 16.1. The highest BCUT2D eigenvalue weighted by Crippen LogP contribution is 2.18. The molecular formula is C10H21N3O. The van der Waals surface area contributed by atoms with Crippen LogP contribution in [0.1, 0.15) is 26.2 Å². The summed E-state index contributed by atoms with van der Waals surface area (Å²) in [5.74, 6) is -0.112. The van der Waals surface area contributed by atoms with Gasteiger partial charge >= 0.3 is 0 Å². The van der Waals surface area contributed by atoms with Crippen LogP contribution in [-0.2, 0) is 4.79 Å². The van der Waals surface area contributed by atoms with Crippen molar-refractivity contribution in [3.8, 4) is 0 Å². The second-order valence-corrected chi connectivity index (χ2v) is 4.16. The van der Waals surface area contributed by atoms with Crippen LogP contribution in [0.25, 0.3) is 0 Å². The fourth-order valence-corrected chi connectivity index (χ4v) is 2.06. The molecule has 0 aliphatic carbocycles. The number of primary amides is 1. The van der Waals surface area contributed by atoms with Gasteiger partial charge in [0.05, 0.1) is 5.92 Å². The zero-order chi connectivity index (χ0) is 10.6. The highest BCUT2D eigenvalue weighted by Gasteiger charge is 2.26. The standard InChI is InChI=1S/C10H21N3O/c1-8(4-5-11)13-6-2-3-9(7-13)10(12)14/h8-9H,2-7,11H2,1H3,(H2,12,14). The Hall–Kier alpha value is -0.610. The summed E-state index contributed by atoms with van der Waals surface area (Å²) in [6, 6.07) is 0.474. The van der Waals surface area contributed by atoms with Gasteiger partial charge in [-0.2, -0.15) is 0 Å². The molecule has 1 aliphatic heterocycles. The molecule has 1 aliphatic rings. The van der Waals surface area contributed by atoms with Gasteiger partial charge in [0.15, 0.2) is 0 Å². The summed E-state index contributed by atoms with van der Waals surface area (Å²) in [4.78, 5) is 13.4. The van der Waals surface area contributed by atoms with Gasteiger partial charge in [-0.25, -0.2) is 0 Å². The van der Waals surface area contributed by atoms with Crippen molar-refractivity contribution >= 4 is 5.91 Å². The van der Waals surface area contributed by atoms with Gasteiger partial charge in [-0.05, 0) is 39.3 Å². The molecule has 2 atom stereocenters. The SMILES string of the molecule is CC(CCN)N1CCCC(C(N)=O)C1. The van der Waals surface area contributed by atoms with Gasteiger partial charge in [0, 0.05) is 12.6 Å². The van der Waals surface area contributed by atoms with E-state index in [1.54, 1.807) is 0 Å². The number of carbonyl (C=O) groups excluding carboxylic acids is 1. The molecule has 14 heavy (non-hydrogen) atoms. The Bertz CT molecular complexity index is 196. The van der Waals surface area contributed by atoms with Crippen LogP contribution in [0.3, 0.4) is 0 Å². The van der Waals surface area contributed by atoms with Crippen molar-refractivity contribution in [2.45, 2.75) is 32.2 Å². The molecule has 0 radical (unpaired) electrons. The number of hydrogen-bond donors (Lipinski definition) is 2. The van der Waals surface area contributed by atoms with Crippen LogP contribution in [0.4, 0.5) is 0 Å². The van der Waals surface area contributed by atoms with E-state index in [2.05, 4.69) is 11.8 Å². The Labute approximate surface area is 85.6 Å². The lowest BCUT2D eigenvalue weighted by molar-refractivity contribution is -0.123. The Morgan fingerprint density at radius 2 is 2.36 bits per heavy atom. The van der Waals surface area contributed by atoms with E-state index in [1.807, 2.05) is 0 Å². The van der Waals surface area contributed by atoms with Crippen LogP contribution in [-0.4, -0.2) is 36.5 Å². The maximum Gasteiger partial charge on any atom is 0.221 e. The van der Waals surface area contributed by atoms with Gasteiger partial charge in [0.1, 0.15) is 0 Å². The zero-order valence-corrected chi connectivity index (χ0v) is 8.91. The van der Waals surface area contributed by atoms with E-state index in [-0.39, 0.29) is 11.8 Å². The summed E-state index contributed by atoms with van der Waals surface area (Å²) in [5, 5.41) is 0. The van der Waals surface area contributed by atoms with Crippen LogP contribution in [0, 0.1) is 5.92 Å². The summed E-state index contributed by atoms with van der Waals surface area (Å²) < 4.78 is 0. The van der Waals surface area contributed by atoms with Gasteiger partial charge in [-0.3, -0.25) is 9.69 Å². The maximum atomic E-state index is 11.1. The third-order valence-electron chi connectivity index (χ3n) is 3.06. The van der Waals surface area contributed by atoms with Crippen LogP contribution >= 0.6 is 0 Å². The fourth-order valence-electron chi connectivity index (χ4n) is 2.06. The number of hydrogen-bond acceptors (Lipinski definition) is 3. The first-order valence-corrected chi connectivity index (χ1v) is 5.38. The fraction of sp³-hybridized carbons (Fsp3) is 0.900. The van der Waals surface area contributed by atoms with Crippen molar-refractivity contribution in [3.05, 3.63) is 0 Å². The average molecular weight is 199 g/mol. The highest BCUT2D eigenvalue weighted by molar-refractivity contribution is 5.76. The minimum atomic E-state index is -0.158. The summed E-state index contributed by atoms with van der Waals surface area (Å²) >= 11 is 0. The van der Waals surface area contributed by atoms with Crippen LogP contribution in [0.5, 0.6) is 0 Å². The second kappa shape index (κ2) is 5.32. The Balaban J connectivity index is 2.43. The first-order chi connectivity index (χ1) is 6.65. The molecular weight excluding hydrogens is 178 g/mol. The molecule has 0 bridgehead atoms. The molecule has 0 aromatic heterocycles. The summed E-state index contributed by atoms with van der Waals surface area (Å²) in [7, 11) is 0. The smallest absolute Gasteiger partial charge is 0.221 e. The molecule has 1 saturated heterocycles. The first-order valence-electron chi connectivity index (χ1n) is 5.38. The van der Waals surface area contributed by atoms with E-state index in [4.69, 9.17) is 11.5 Å². The van der Waals surface area contributed by atoms with Crippen LogP contribution < -0.4 is 11.5 Å². The van der Waals surface area contributed by atoms with Crippen molar-refractivity contribution in [3.63, 3.8) is 0 Å². The lowest BCUT2D eigenvalue weighted by Gasteiger charge is -2.35. The largest absolute Gasteiger partial charge is 0.369 e. The minimum absolute atomic E-state index is 0.0453. The van der Waals surface area contributed by atoms with Gasteiger partial charge in [0.2, 0.25) is 5.91 Å². The number of carbonyl (C=O) groups is 1. The van der Waals surface area contributed by atoms with E-state index in [0.717, 1.165) is 32.4 Å². The summed E-state index contributed by atoms with van der Waals surface area (Å²) in [6.07, 6.45) is 3.01. The van der Waals surface area contributed by atoms with Gasteiger partial charge in [0.25, 0.3) is 0 Å². The molecule has 1 heterocycles. The number of amides is 1. The monoisotopic (exact) mass is 199 g/mol. The molecule has 0 aromatic rings. The third-order valence-corrected chi connectivity index (χ3v) is 3.06. The molecule has 4 heteroatoms. The van der Waals surface area contributed by atoms with Crippen molar-refractivity contribution in [1.82, 2.24) is 4.90 Å². The number of nitrogens with two attached hydrogens (primary N) is 2. The van der Waals surface area contributed by atoms with E-state index in [1.165, 1.54) is 0 Å². The Morgan fingerprint density at radius 1 is 1.64 bits per heavy atom. The van der Waals surface area contributed by atoms with E-state index in [9.17, 15) is 4.79 Å². The topological polar surface area (TPSA) is 72.3 Å². The van der Waals surface area contributed by atoms with Gasteiger partial charge in [-0.15, -0.1) is 0 Å². The average Bonchev–Trinajstić information content (AvgIpc) is 2.18. The van der Waals surface area contributed by atoms with E-state index in [0.29, 0.717) is 12.6 Å². The molecule has 1 fully saturated rings. The first kappa shape index (κ1) is 11.5. The van der Waals surface area contributed by atoms with E-state index < -0.39 is 0 Å². The lowest BCUT2D eigenvalue weighted by Crippen LogP contribution is -2.45. The van der Waals surface area contributed by atoms with Gasteiger partial charge < -0.3 is 11.5 Å². The predicted octanol–water partition coefficient (Wildman–Crippen LogP) is -0.0790. The van der Waals surface area contributed by atoms with Crippen LogP contribution in [0.2, 0.25) is 0 Å². The van der Waals surface area contributed by atoms with Crippen molar-refractivity contribution in [2.24, 2.45) is 17.4 Å². The summed E-state index contributed by atoms with van der Waals surface area (Å²) in [6.45, 7) is 4.76. The Kier molecular flexibility index (Phi) is 4.35. The van der Waals surface area contributed by atoms with Crippen LogP contribution in [0.15, 0.2) is 0 Å². The van der Waals surface area contributed by atoms with Crippen molar-refractivity contribution in [2.75, 3.05) is 19.6 Å².